The summed E-state index contributed by atoms with van der Waals surface area (Å²) in [4.78, 5) is 18.1. The SMILES string of the molecule is CCCCCN1CCCN(c2ccc3c4c(cccc24)C(=O)C3(C)C)CC1. The van der Waals surface area contributed by atoms with E-state index >= 15 is 0 Å². The van der Waals surface area contributed by atoms with Gasteiger partial charge in [0.25, 0.3) is 0 Å². The van der Waals surface area contributed by atoms with Gasteiger partial charge in [-0.1, -0.05) is 44.0 Å². The van der Waals surface area contributed by atoms with E-state index in [-0.39, 0.29) is 5.78 Å². The summed E-state index contributed by atoms with van der Waals surface area (Å²) in [7, 11) is 0. The van der Waals surface area contributed by atoms with Gasteiger partial charge in [0.05, 0.1) is 5.41 Å². The summed E-state index contributed by atoms with van der Waals surface area (Å²) in [6, 6.07) is 10.7. The molecule has 0 spiro atoms. The predicted octanol–water partition coefficient (Wildman–Crippen LogP) is 5.02. The maximum absolute atomic E-state index is 12.9. The van der Waals surface area contributed by atoms with Crippen LogP contribution >= 0.6 is 0 Å². The van der Waals surface area contributed by atoms with Crippen molar-refractivity contribution in [3.63, 3.8) is 0 Å². The highest BCUT2D eigenvalue weighted by Gasteiger charge is 2.40. The zero-order chi connectivity index (χ0) is 19.0. The summed E-state index contributed by atoms with van der Waals surface area (Å²) in [5, 5.41) is 2.44. The van der Waals surface area contributed by atoms with Crippen molar-refractivity contribution in [1.29, 1.82) is 0 Å². The number of benzene rings is 2. The van der Waals surface area contributed by atoms with Crippen molar-refractivity contribution in [2.75, 3.05) is 37.6 Å². The van der Waals surface area contributed by atoms with E-state index < -0.39 is 5.41 Å². The van der Waals surface area contributed by atoms with Crippen LogP contribution < -0.4 is 4.90 Å². The van der Waals surface area contributed by atoms with Crippen molar-refractivity contribution in [3.05, 3.63) is 41.5 Å². The Labute approximate surface area is 163 Å². The number of hydrogen-bond acceptors (Lipinski definition) is 3. The minimum atomic E-state index is -0.407. The first-order valence-corrected chi connectivity index (χ1v) is 10.6. The fourth-order valence-corrected chi connectivity index (χ4v) is 4.86. The molecule has 1 fully saturated rings. The minimum absolute atomic E-state index is 0.262. The molecule has 0 unspecified atom stereocenters. The summed E-state index contributed by atoms with van der Waals surface area (Å²) in [6.45, 7) is 12.1. The first kappa shape index (κ1) is 18.5. The molecule has 144 valence electrons. The zero-order valence-corrected chi connectivity index (χ0v) is 17.1. The van der Waals surface area contributed by atoms with Crippen molar-refractivity contribution >= 4 is 22.2 Å². The van der Waals surface area contributed by atoms with Crippen LogP contribution in [0.25, 0.3) is 10.8 Å². The summed E-state index contributed by atoms with van der Waals surface area (Å²) in [5.41, 5.74) is 3.00. The molecule has 3 nitrogen and oxygen atoms in total. The molecule has 1 saturated heterocycles. The molecule has 0 radical (unpaired) electrons. The van der Waals surface area contributed by atoms with Gasteiger partial charge >= 0.3 is 0 Å². The van der Waals surface area contributed by atoms with E-state index in [2.05, 4.69) is 54.8 Å². The van der Waals surface area contributed by atoms with E-state index in [0.29, 0.717) is 0 Å². The Bertz CT molecular complexity index is 855. The molecule has 3 heteroatoms. The molecule has 4 rings (SSSR count). The highest BCUT2D eigenvalue weighted by atomic mass is 16.1. The second-order valence-electron chi connectivity index (χ2n) is 8.70. The molecular weight excluding hydrogens is 332 g/mol. The quantitative estimate of drug-likeness (QED) is 0.696. The molecule has 1 aliphatic heterocycles. The fraction of sp³-hybridized carbons (Fsp3) is 0.542. The lowest BCUT2D eigenvalue weighted by atomic mass is 9.84. The van der Waals surface area contributed by atoms with Gasteiger partial charge in [-0.05, 0) is 56.8 Å². The topological polar surface area (TPSA) is 23.6 Å². The van der Waals surface area contributed by atoms with Crippen LogP contribution in [0.1, 0.15) is 62.4 Å². The highest BCUT2D eigenvalue weighted by molar-refractivity contribution is 6.21. The maximum atomic E-state index is 12.9. The lowest BCUT2D eigenvalue weighted by molar-refractivity contribution is 0.0920. The number of unbranched alkanes of at least 4 members (excludes halogenated alkanes) is 2. The van der Waals surface area contributed by atoms with Gasteiger partial charge in [0.2, 0.25) is 0 Å². The summed E-state index contributed by atoms with van der Waals surface area (Å²) in [5.74, 6) is 0.262. The number of ketones is 1. The lowest BCUT2D eigenvalue weighted by Crippen LogP contribution is -2.31. The van der Waals surface area contributed by atoms with Crippen LogP contribution in [-0.2, 0) is 5.41 Å². The largest absolute Gasteiger partial charge is 0.370 e. The van der Waals surface area contributed by atoms with Crippen LogP contribution in [0.5, 0.6) is 0 Å². The number of carbonyl (C=O) groups is 1. The normalized spacial score (nSPS) is 19.7. The molecule has 0 bridgehead atoms. The van der Waals surface area contributed by atoms with Gasteiger partial charge in [0, 0.05) is 36.3 Å². The second kappa shape index (κ2) is 7.27. The van der Waals surface area contributed by atoms with Crippen molar-refractivity contribution in [3.8, 4) is 0 Å². The lowest BCUT2D eigenvalue weighted by Gasteiger charge is -2.26. The molecule has 0 amide bonds. The summed E-state index contributed by atoms with van der Waals surface area (Å²) < 4.78 is 0. The molecule has 2 aromatic carbocycles. The van der Waals surface area contributed by atoms with Gasteiger partial charge in [-0.15, -0.1) is 0 Å². The van der Waals surface area contributed by atoms with E-state index in [0.717, 1.165) is 25.2 Å². The highest BCUT2D eigenvalue weighted by Crippen LogP contribution is 2.45. The number of Topliss-reactive ketones (excluding diaryl/α,β-unsaturated/α-hetero) is 1. The minimum Gasteiger partial charge on any atom is -0.370 e. The maximum Gasteiger partial charge on any atom is 0.173 e. The van der Waals surface area contributed by atoms with Crippen molar-refractivity contribution in [1.82, 2.24) is 4.90 Å². The van der Waals surface area contributed by atoms with Gasteiger partial charge in [-0.25, -0.2) is 0 Å². The third kappa shape index (κ3) is 3.16. The Hall–Kier alpha value is -1.87. The van der Waals surface area contributed by atoms with Gasteiger partial charge < -0.3 is 9.80 Å². The summed E-state index contributed by atoms with van der Waals surface area (Å²) in [6.07, 6.45) is 5.14. The summed E-state index contributed by atoms with van der Waals surface area (Å²) >= 11 is 0. The van der Waals surface area contributed by atoms with Crippen LogP contribution in [0, 0.1) is 0 Å². The third-order valence-electron chi connectivity index (χ3n) is 6.51. The Balaban J connectivity index is 1.63. The fourth-order valence-electron chi connectivity index (χ4n) is 4.86. The average molecular weight is 365 g/mol. The Morgan fingerprint density at radius 1 is 1.00 bits per heavy atom. The van der Waals surface area contributed by atoms with Crippen LogP contribution in [0.2, 0.25) is 0 Å². The predicted molar refractivity (Wildman–Crippen MR) is 114 cm³/mol. The van der Waals surface area contributed by atoms with Crippen molar-refractivity contribution in [2.24, 2.45) is 0 Å². The molecule has 2 aromatic rings. The van der Waals surface area contributed by atoms with Crippen LogP contribution in [0.15, 0.2) is 30.3 Å². The number of anilines is 1. The van der Waals surface area contributed by atoms with Crippen molar-refractivity contribution < 1.29 is 4.79 Å². The first-order chi connectivity index (χ1) is 13.0. The number of nitrogens with zero attached hydrogens (tertiary/aromatic N) is 2. The molecule has 1 heterocycles. The van der Waals surface area contributed by atoms with Crippen molar-refractivity contribution in [2.45, 2.75) is 51.9 Å². The number of carbonyl (C=O) groups excluding carboxylic acids is 1. The van der Waals surface area contributed by atoms with E-state index in [1.165, 1.54) is 60.8 Å². The van der Waals surface area contributed by atoms with Gasteiger partial charge in [-0.3, -0.25) is 4.79 Å². The molecule has 0 saturated carbocycles. The van der Waals surface area contributed by atoms with E-state index in [4.69, 9.17) is 0 Å². The van der Waals surface area contributed by atoms with E-state index in [1.54, 1.807) is 0 Å². The third-order valence-corrected chi connectivity index (χ3v) is 6.51. The zero-order valence-electron chi connectivity index (χ0n) is 17.1. The number of hydrogen-bond donors (Lipinski definition) is 0. The molecule has 0 N–H and O–H groups in total. The standard InChI is InChI=1S/C24H32N2O/c1-4-5-6-13-25-14-8-15-26(17-16-25)21-12-11-20-22-18(21)9-7-10-19(22)23(27)24(20,2)3/h7,9-12H,4-6,8,13-17H2,1-3H3. The molecule has 0 aromatic heterocycles. The average Bonchev–Trinajstić information content (AvgIpc) is 2.83. The first-order valence-electron chi connectivity index (χ1n) is 10.6. The van der Waals surface area contributed by atoms with Crippen LogP contribution in [0.4, 0.5) is 5.69 Å². The molecule has 0 atom stereocenters. The molecule has 27 heavy (non-hydrogen) atoms. The Morgan fingerprint density at radius 2 is 1.85 bits per heavy atom. The van der Waals surface area contributed by atoms with Gasteiger partial charge in [0.1, 0.15) is 0 Å². The monoisotopic (exact) mass is 364 g/mol. The second-order valence-corrected chi connectivity index (χ2v) is 8.70. The van der Waals surface area contributed by atoms with Gasteiger partial charge in [-0.2, -0.15) is 0 Å². The van der Waals surface area contributed by atoms with E-state index in [1.807, 2.05) is 6.07 Å². The van der Waals surface area contributed by atoms with Crippen LogP contribution in [0.3, 0.4) is 0 Å². The molecule has 1 aliphatic carbocycles. The Kier molecular flexibility index (Phi) is 4.98. The molecule has 2 aliphatic rings. The smallest absolute Gasteiger partial charge is 0.173 e. The van der Waals surface area contributed by atoms with Crippen LogP contribution in [-0.4, -0.2) is 43.4 Å². The molecular formula is C24H32N2O. The van der Waals surface area contributed by atoms with Gasteiger partial charge in [0.15, 0.2) is 5.78 Å². The number of rotatable bonds is 5. The van der Waals surface area contributed by atoms with E-state index in [9.17, 15) is 4.79 Å². The Morgan fingerprint density at radius 3 is 2.67 bits per heavy atom.